The summed E-state index contributed by atoms with van der Waals surface area (Å²) < 4.78 is 0. The molecule has 0 aromatic rings. The van der Waals surface area contributed by atoms with Crippen LogP contribution in [0.5, 0.6) is 0 Å². The smallest absolute Gasteiger partial charge is 0.307 e. The fourth-order valence-corrected chi connectivity index (χ4v) is 2.13. The van der Waals surface area contributed by atoms with Crippen LogP contribution in [0.2, 0.25) is 0 Å². The molecule has 0 aromatic carbocycles. The number of primary amides is 1. The Morgan fingerprint density at radius 2 is 1.61 bits per heavy atom. The van der Waals surface area contributed by atoms with E-state index in [1.54, 1.807) is 0 Å². The van der Waals surface area contributed by atoms with Crippen LogP contribution in [0.3, 0.4) is 0 Å². The maximum Gasteiger partial charge on any atom is 0.307 e. The van der Waals surface area contributed by atoms with E-state index < -0.39 is 23.7 Å². The van der Waals surface area contributed by atoms with Crippen molar-refractivity contribution in [3.63, 3.8) is 0 Å². The lowest BCUT2D eigenvalue weighted by atomic mass is 9.69. The number of carboxylic acid groups (broad SMARTS) is 1. The molecule has 0 spiro atoms. The molecule has 0 radical (unpaired) electrons. The number of rotatable bonds is 7. The SMILES string of the molecule is CC(C)C(C(=O)O)C(CC(C)(C)C(C)C)C(N)=O. The Kier molecular flexibility index (Phi) is 5.84. The molecule has 0 heterocycles. The highest BCUT2D eigenvalue weighted by molar-refractivity contribution is 5.83. The van der Waals surface area contributed by atoms with Crippen molar-refractivity contribution < 1.29 is 14.7 Å². The molecule has 0 saturated carbocycles. The molecule has 0 aliphatic carbocycles. The van der Waals surface area contributed by atoms with E-state index in [-0.39, 0.29) is 11.3 Å². The number of hydrogen-bond donors (Lipinski definition) is 2. The number of carbonyl (C=O) groups excluding carboxylic acids is 1. The second-order valence-corrected chi connectivity index (χ2v) is 6.46. The molecule has 0 rings (SSSR count). The molecule has 18 heavy (non-hydrogen) atoms. The first-order valence-corrected chi connectivity index (χ1v) is 6.52. The highest BCUT2D eigenvalue weighted by Crippen LogP contribution is 2.37. The molecule has 2 atom stereocenters. The Bertz CT molecular complexity index is 308. The second kappa shape index (κ2) is 6.21. The van der Waals surface area contributed by atoms with E-state index >= 15 is 0 Å². The zero-order valence-electron chi connectivity index (χ0n) is 12.4. The Balaban J connectivity index is 5.20. The van der Waals surface area contributed by atoms with Crippen LogP contribution in [-0.4, -0.2) is 17.0 Å². The van der Waals surface area contributed by atoms with E-state index in [9.17, 15) is 14.7 Å². The molecular formula is C14H27NO3. The predicted octanol–water partition coefficient (Wildman–Crippen LogP) is 2.52. The minimum Gasteiger partial charge on any atom is -0.481 e. The quantitative estimate of drug-likeness (QED) is 0.735. The third-order valence-electron chi connectivity index (χ3n) is 4.11. The topological polar surface area (TPSA) is 80.4 Å². The summed E-state index contributed by atoms with van der Waals surface area (Å²) in [7, 11) is 0. The number of hydrogen-bond acceptors (Lipinski definition) is 2. The maximum atomic E-state index is 11.6. The highest BCUT2D eigenvalue weighted by atomic mass is 16.4. The van der Waals surface area contributed by atoms with Gasteiger partial charge in [0.25, 0.3) is 0 Å². The lowest BCUT2D eigenvalue weighted by molar-refractivity contribution is -0.149. The van der Waals surface area contributed by atoms with Crippen LogP contribution in [0, 0.1) is 29.1 Å². The van der Waals surface area contributed by atoms with Gasteiger partial charge in [-0.2, -0.15) is 0 Å². The van der Waals surface area contributed by atoms with Gasteiger partial charge in [-0.3, -0.25) is 9.59 Å². The molecule has 3 N–H and O–H groups in total. The predicted molar refractivity (Wildman–Crippen MR) is 71.9 cm³/mol. The molecule has 2 unspecified atom stereocenters. The fourth-order valence-electron chi connectivity index (χ4n) is 2.13. The molecule has 0 aliphatic rings. The number of carbonyl (C=O) groups is 2. The van der Waals surface area contributed by atoms with E-state index in [0.29, 0.717) is 12.3 Å². The van der Waals surface area contributed by atoms with Gasteiger partial charge in [-0.05, 0) is 23.7 Å². The molecule has 106 valence electrons. The number of carboxylic acids is 1. The van der Waals surface area contributed by atoms with E-state index in [2.05, 4.69) is 13.8 Å². The molecule has 4 nitrogen and oxygen atoms in total. The van der Waals surface area contributed by atoms with Crippen LogP contribution >= 0.6 is 0 Å². The summed E-state index contributed by atoms with van der Waals surface area (Å²) in [5.74, 6) is -2.51. The molecular weight excluding hydrogens is 230 g/mol. The summed E-state index contributed by atoms with van der Waals surface area (Å²) >= 11 is 0. The molecule has 0 bridgehead atoms. The third kappa shape index (κ3) is 4.31. The molecule has 0 fully saturated rings. The Labute approximate surface area is 110 Å². The highest BCUT2D eigenvalue weighted by Gasteiger charge is 2.39. The molecule has 4 heteroatoms. The summed E-state index contributed by atoms with van der Waals surface area (Å²) in [5.41, 5.74) is 5.31. The molecule has 1 amide bonds. The van der Waals surface area contributed by atoms with E-state index in [0.717, 1.165) is 0 Å². The normalized spacial score (nSPS) is 15.8. The summed E-state index contributed by atoms with van der Waals surface area (Å²) in [4.78, 5) is 22.9. The van der Waals surface area contributed by atoms with Crippen LogP contribution < -0.4 is 5.73 Å². The molecule has 0 aromatic heterocycles. The van der Waals surface area contributed by atoms with E-state index in [4.69, 9.17) is 5.73 Å². The number of nitrogens with two attached hydrogens (primary N) is 1. The first-order valence-electron chi connectivity index (χ1n) is 6.52. The van der Waals surface area contributed by atoms with Crippen molar-refractivity contribution in [1.82, 2.24) is 0 Å². The van der Waals surface area contributed by atoms with Crippen molar-refractivity contribution in [3.05, 3.63) is 0 Å². The van der Waals surface area contributed by atoms with Crippen LogP contribution in [0.4, 0.5) is 0 Å². The summed E-state index contributed by atoms with van der Waals surface area (Å²) in [6, 6.07) is 0. The van der Waals surface area contributed by atoms with Gasteiger partial charge in [-0.15, -0.1) is 0 Å². The Morgan fingerprint density at radius 3 is 1.83 bits per heavy atom. The van der Waals surface area contributed by atoms with Crippen molar-refractivity contribution in [1.29, 1.82) is 0 Å². The standard InChI is InChI=1S/C14H27NO3/c1-8(2)11(13(17)18)10(12(15)16)7-14(5,6)9(3)4/h8-11H,7H2,1-6H3,(H2,15,16)(H,17,18). The van der Waals surface area contributed by atoms with Crippen molar-refractivity contribution in [2.45, 2.75) is 48.0 Å². The van der Waals surface area contributed by atoms with Gasteiger partial charge in [0.1, 0.15) is 0 Å². The Hall–Kier alpha value is -1.06. The van der Waals surface area contributed by atoms with Gasteiger partial charge >= 0.3 is 5.97 Å². The summed E-state index contributed by atoms with van der Waals surface area (Å²) in [5, 5.41) is 9.29. The van der Waals surface area contributed by atoms with Gasteiger partial charge in [0.05, 0.1) is 11.8 Å². The third-order valence-corrected chi connectivity index (χ3v) is 4.11. The monoisotopic (exact) mass is 257 g/mol. The average Bonchev–Trinajstić information content (AvgIpc) is 2.14. The minimum atomic E-state index is -0.937. The van der Waals surface area contributed by atoms with Gasteiger partial charge in [0, 0.05) is 0 Å². The van der Waals surface area contributed by atoms with Gasteiger partial charge in [0.2, 0.25) is 5.91 Å². The van der Waals surface area contributed by atoms with Crippen LogP contribution in [0.25, 0.3) is 0 Å². The summed E-state index contributed by atoms with van der Waals surface area (Å²) in [6.45, 7) is 11.9. The van der Waals surface area contributed by atoms with E-state index in [1.807, 2.05) is 27.7 Å². The average molecular weight is 257 g/mol. The van der Waals surface area contributed by atoms with Gasteiger partial charge in [0.15, 0.2) is 0 Å². The zero-order chi connectivity index (χ0) is 14.7. The zero-order valence-corrected chi connectivity index (χ0v) is 12.4. The lowest BCUT2D eigenvalue weighted by Gasteiger charge is -2.35. The minimum absolute atomic E-state index is 0.108. The maximum absolute atomic E-state index is 11.6. The first-order chi connectivity index (χ1) is 8.00. The molecule has 0 aliphatic heterocycles. The fraction of sp³-hybridized carbons (Fsp3) is 0.857. The van der Waals surface area contributed by atoms with Crippen molar-refractivity contribution >= 4 is 11.9 Å². The summed E-state index contributed by atoms with van der Waals surface area (Å²) in [6.07, 6.45) is 0.509. The molecule has 0 saturated heterocycles. The largest absolute Gasteiger partial charge is 0.481 e. The van der Waals surface area contributed by atoms with Gasteiger partial charge < -0.3 is 10.8 Å². The van der Waals surface area contributed by atoms with Gasteiger partial charge in [-0.25, -0.2) is 0 Å². The number of aliphatic carboxylic acids is 1. The van der Waals surface area contributed by atoms with Crippen LogP contribution in [-0.2, 0) is 9.59 Å². The van der Waals surface area contributed by atoms with Crippen molar-refractivity contribution in [3.8, 4) is 0 Å². The Morgan fingerprint density at radius 1 is 1.17 bits per heavy atom. The van der Waals surface area contributed by atoms with Crippen molar-refractivity contribution in [2.24, 2.45) is 34.8 Å². The van der Waals surface area contributed by atoms with Gasteiger partial charge in [-0.1, -0.05) is 41.5 Å². The van der Waals surface area contributed by atoms with Crippen LogP contribution in [0.1, 0.15) is 48.0 Å². The lowest BCUT2D eigenvalue weighted by Crippen LogP contribution is -2.40. The first kappa shape index (κ1) is 16.9. The van der Waals surface area contributed by atoms with Crippen LogP contribution in [0.15, 0.2) is 0 Å². The van der Waals surface area contributed by atoms with E-state index in [1.165, 1.54) is 0 Å². The van der Waals surface area contributed by atoms with Crippen molar-refractivity contribution in [2.75, 3.05) is 0 Å². The number of amides is 1. The second-order valence-electron chi connectivity index (χ2n) is 6.46.